The van der Waals surface area contributed by atoms with Gasteiger partial charge in [0.15, 0.2) is 28.8 Å². The summed E-state index contributed by atoms with van der Waals surface area (Å²) in [5, 5.41) is 22.7. The van der Waals surface area contributed by atoms with Gasteiger partial charge in [-0.3, -0.25) is 4.79 Å². The maximum Gasteiger partial charge on any atom is 0.161 e. The monoisotopic (exact) mass is 441 g/mol. The van der Waals surface area contributed by atoms with Crippen molar-refractivity contribution in [2.75, 3.05) is 27.3 Å². The number of methoxy groups -OCH3 is 1. The third kappa shape index (κ3) is 7.93. The quantitative estimate of drug-likeness (QED) is 0.318. The van der Waals surface area contributed by atoms with E-state index in [4.69, 9.17) is 9.47 Å². The summed E-state index contributed by atoms with van der Waals surface area (Å²) in [5.41, 5.74) is 1.99. The van der Waals surface area contributed by atoms with E-state index in [2.05, 4.69) is 19.2 Å². The molecule has 0 heterocycles. The fourth-order valence-electron chi connectivity index (χ4n) is 3.32. The molecule has 32 heavy (non-hydrogen) atoms. The van der Waals surface area contributed by atoms with Gasteiger partial charge in [-0.1, -0.05) is 32.1 Å². The van der Waals surface area contributed by atoms with Crippen molar-refractivity contribution in [2.45, 2.75) is 33.1 Å². The van der Waals surface area contributed by atoms with E-state index < -0.39 is 0 Å². The molecule has 0 aliphatic heterocycles. The molecule has 0 saturated carbocycles. The summed E-state index contributed by atoms with van der Waals surface area (Å²) < 4.78 is 10.8. The highest BCUT2D eigenvalue weighted by molar-refractivity contribution is 5.89. The first-order chi connectivity index (χ1) is 15.3. The van der Waals surface area contributed by atoms with E-state index >= 15 is 0 Å². The molecule has 0 aliphatic rings. The number of ketones is 1. The lowest BCUT2D eigenvalue weighted by atomic mass is 9.88. The Morgan fingerprint density at radius 2 is 1.72 bits per heavy atom. The maximum atomic E-state index is 12.4. The lowest BCUT2D eigenvalue weighted by molar-refractivity contribution is -0.114. The number of nitrogens with one attached hydrogen (secondary N) is 1. The second-order valence-corrected chi connectivity index (χ2v) is 8.20. The fourth-order valence-corrected chi connectivity index (χ4v) is 3.32. The van der Waals surface area contributed by atoms with Crippen LogP contribution in [-0.2, 0) is 17.6 Å². The van der Waals surface area contributed by atoms with Crippen LogP contribution >= 0.6 is 0 Å². The van der Waals surface area contributed by atoms with Crippen LogP contribution in [0.2, 0.25) is 0 Å². The lowest BCUT2D eigenvalue weighted by Gasteiger charge is -2.18. The highest BCUT2D eigenvalue weighted by Crippen LogP contribution is 2.29. The van der Waals surface area contributed by atoms with Gasteiger partial charge in [0.1, 0.15) is 6.61 Å². The van der Waals surface area contributed by atoms with E-state index in [0.717, 1.165) is 17.5 Å². The Labute approximate surface area is 190 Å². The summed E-state index contributed by atoms with van der Waals surface area (Å²) >= 11 is 0. The van der Waals surface area contributed by atoms with E-state index in [1.807, 2.05) is 25.3 Å². The molecule has 0 aliphatic carbocycles. The first-order valence-electron chi connectivity index (χ1n) is 11.0. The number of phenolic OH excluding ortho intramolecular Hbond substituents is 2. The van der Waals surface area contributed by atoms with Gasteiger partial charge in [0.05, 0.1) is 7.11 Å². The minimum absolute atomic E-state index is 0.0597. The maximum absolute atomic E-state index is 12.4. The number of benzene rings is 2. The van der Waals surface area contributed by atoms with Crippen molar-refractivity contribution < 1.29 is 24.5 Å². The first-order valence-corrected chi connectivity index (χ1v) is 11.0. The summed E-state index contributed by atoms with van der Waals surface area (Å²) in [6, 6.07) is 10.6. The van der Waals surface area contributed by atoms with Crippen LogP contribution in [0.3, 0.4) is 0 Å². The van der Waals surface area contributed by atoms with Gasteiger partial charge in [-0.25, -0.2) is 0 Å². The van der Waals surface area contributed by atoms with Gasteiger partial charge >= 0.3 is 0 Å². The number of carbonyl (C=O) groups excluding carboxylic acids is 1. The van der Waals surface area contributed by atoms with E-state index in [-0.39, 0.29) is 23.2 Å². The largest absolute Gasteiger partial charge is 0.504 e. The fraction of sp³-hybridized carbons (Fsp3) is 0.423. The molecule has 0 spiro atoms. The zero-order valence-corrected chi connectivity index (χ0v) is 19.4. The van der Waals surface area contributed by atoms with Crippen LogP contribution in [-0.4, -0.2) is 43.3 Å². The van der Waals surface area contributed by atoms with E-state index in [9.17, 15) is 15.0 Å². The van der Waals surface area contributed by atoms with Crippen LogP contribution in [0, 0.1) is 11.8 Å². The minimum Gasteiger partial charge on any atom is -0.504 e. The molecule has 0 bridgehead atoms. The van der Waals surface area contributed by atoms with E-state index in [1.165, 1.54) is 7.11 Å². The molecule has 0 aromatic heterocycles. The number of allylic oxidation sites excluding steroid dienone is 2. The van der Waals surface area contributed by atoms with Crippen molar-refractivity contribution in [1.82, 2.24) is 5.32 Å². The lowest BCUT2D eigenvalue weighted by Crippen LogP contribution is -2.16. The number of phenols is 2. The Hall–Kier alpha value is -2.99. The van der Waals surface area contributed by atoms with Crippen LogP contribution in [0.1, 0.15) is 31.4 Å². The second-order valence-electron chi connectivity index (χ2n) is 8.20. The summed E-state index contributed by atoms with van der Waals surface area (Å²) in [7, 11) is 3.35. The van der Waals surface area contributed by atoms with Crippen LogP contribution < -0.4 is 14.8 Å². The highest BCUT2D eigenvalue weighted by atomic mass is 16.5. The predicted molar refractivity (Wildman–Crippen MR) is 127 cm³/mol. The Morgan fingerprint density at radius 1 is 1.06 bits per heavy atom. The van der Waals surface area contributed by atoms with Gasteiger partial charge < -0.3 is 25.0 Å². The van der Waals surface area contributed by atoms with Gasteiger partial charge in [-0.2, -0.15) is 0 Å². The molecule has 1 unspecified atom stereocenters. The van der Waals surface area contributed by atoms with Crippen molar-refractivity contribution in [3.8, 4) is 23.0 Å². The van der Waals surface area contributed by atoms with Crippen LogP contribution in [0.4, 0.5) is 0 Å². The van der Waals surface area contributed by atoms with Crippen molar-refractivity contribution >= 4 is 5.78 Å². The molecule has 3 N–H and O–H groups in total. The Morgan fingerprint density at radius 3 is 2.38 bits per heavy atom. The Kier molecular flexibility index (Phi) is 10.1. The smallest absolute Gasteiger partial charge is 0.161 e. The molecular weight excluding hydrogens is 406 g/mol. The van der Waals surface area contributed by atoms with Crippen LogP contribution in [0.25, 0.3) is 0 Å². The van der Waals surface area contributed by atoms with Crippen molar-refractivity contribution in [3.63, 3.8) is 0 Å². The van der Waals surface area contributed by atoms with Gasteiger partial charge in [-0.05, 0) is 73.2 Å². The van der Waals surface area contributed by atoms with E-state index in [0.29, 0.717) is 43.4 Å². The number of hydrogen-bond acceptors (Lipinski definition) is 6. The molecule has 2 aromatic carbocycles. The summed E-state index contributed by atoms with van der Waals surface area (Å²) in [5.74, 6) is 1.70. The molecule has 0 amide bonds. The number of hydrogen-bond donors (Lipinski definition) is 3. The number of ether oxygens (including phenoxy) is 2. The molecular formula is C26H35NO5. The molecule has 174 valence electrons. The zero-order chi connectivity index (χ0) is 23.5. The first kappa shape index (κ1) is 25.3. The normalized spacial score (nSPS) is 12.3. The molecule has 6 nitrogen and oxygen atoms in total. The van der Waals surface area contributed by atoms with Gasteiger partial charge in [0.2, 0.25) is 0 Å². The van der Waals surface area contributed by atoms with Crippen LogP contribution in [0.5, 0.6) is 23.0 Å². The highest BCUT2D eigenvalue weighted by Gasteiger charge is 2.14. The minimum atomic E-state index is 0.0597. The molecule has 0 radical (unpaired) electrons. The summed E-state index contributed by atoms with van der Waals surface area (Å²) in [4.78, 5) is 12.4. The molecule has 2 rings (SSSR count). The zero-order valence-electron chi connectivity index (χ0n) is 19.4. The standard InChI is InChI=1S/C26H35NO5/c1-18(2)21(15-20-7-12-24(30)26(17-20)32-14-13-27-3)8-10-22(28)9-5-19-6-11-23(29)25(16-19)31-4/h6-8,10-12,16-18,21,27,29-30H,5,9,13-15H2,1-4H3. The molecule has 2 aromatic rings. The SMILES string of the molecule is CNCCOc1cc(CC(C=CC(=O)CCc2ccc(O)c(OC)c2)C(C)C)ccc1O. The van der Waals surface area contributed by atoms with Crippen molar-refractivity contribution in [1.29, 1.82) is 0 Å². The molecule has 0 saturated heterocycles. The average Bonchev–Trinajstić information content (AvgIpc) is 2.77. The van der Waals surface area contributed by atoms with E-state index in [1.54, 1.807) is 30.3 Å². The van der Waals surface area contributed by atoms with Crippen LogP contribution in [0.15, 0.2) is 48.6 Å². The number of aromatic hydroxyl groups is 2. The second kappa shape index (κ2) is 12.8. The number of rotatable bonds is 13. The Balaban J connectivity index is 1.97. The van der Waals surface area contributed by atoms with Gasteiger partial charge in [0, 0.05) is 13.0 Å². The van der Waals surface area contributed by atoms with Crippen molar-refractivity contribution in [3.05, 3.63) is 59.7 Å². The summed E-state index contributed by atoms with van der Waals surface area (Å²) in [6.45, 7) is 5.43. The predicted octanol–water partition coefficient (Wildman–Crippen LogP) is 4.28. The number of aryl methyl sites for hydroxylation is 1. The Bertz CT molecular complexity index is 907. The topological polar surface area (TPSA) is 88.0 Å². The number of carbonyl (C=O) groups is 1. The van der Waals surface area contributed by atoms with Gasteiger partial charge in [-0.15, -0.1) is 0 Å². The average molecular weight is 442 g/mol. The molecule has 6 heteroatoms. The van der Waals surface area contributed by atoms with Crippen molar-refractivity contribution in [2.24, 2.45) is 11.8 Å². The third-order valence-electron chi connectivity index (χ3n) is 5.40. The molecule has 0 fully saturated rings. The number of likely N-dealkylation sites (N-methyl/N-ethyl adjacent to an activating group) is 1. The third-order valence-corrected chi connectivity index (χ3v) is 5.40. The van der Waals surface area contributed by atoms with Gasteiger partial charge in [0.25, 0.3) is 0 Å². The summed E-state index contributed by atoms with van der Waals surface area (Å²) in [6.07, 6.45) is 5.38. The molecule has 1 atom stereocenters.